The van der Waals surface area contributed by atoms with Crippen LogP contribution in [0, 0.1) is 0 Å². The summed E-state index contributed by atoms with van der Waals surface area (Å²) in [6, 6.07) is 11.2. The summed E-state index contributed by atoms with van der Waals surface area (Å²) < 4.78 is 8.07. The van der Waals surface area contributed by atoms with E-state index in [1.54, 1.807) is 12.1 Å². The quantitative estimate of drug-likeness (QED) is 0.616. The van der Waals surface area contributed by atoms with E-state index in [4.69, 9.17) is 4.74 Å². The lowest BCUT2D eigenvalue weighted by molar-refractivity contribution is -0.914. The Hall–Kier alpha value is -3.05. The van der Waals surface area contributed by atoms with Gasteiger partial charge in [-0.25, -0.2) is 0 Å². The fourth-order valence-corrected chi connectivity index (χ4v) is 4.34. The Bertz CT molecular complexity index is 1120. The third-order valence-electron chi connectivity index (χ3n) is 5.75. The number of hydrogen-bond acceptors (Lipinski definition) is 3. The first-order valence-electron chi connectivity index (χ1n) is 10.7. The average Bonchev–Trinajstić information content (AvgIpc) is 3.22. The van der Waals surface area contributed by atoms with E-state index in [-0.39, 0.29) is 17.3 Å². The number of ether oxygens (including phenoxy) is 1. The van der Waals surface area contributed by atoms with Gasteiger partial charge in [-0.3, -0.25) is 4.79 Å². The van der Waals surface area contributed by atoms with Crippen molar-refractivity contribution in [1.29, 1.82) is 0 Å². The zero-order valence-corrected chi connectivity index (χ0v) is 17.8. The van der Waals surface area contributed by atoms with E-state index in [2.05, 4.69) is 13.8 Å². The van der Waals surface area contributed by atoms with Crippen molar-refractivity contribution >= 4 is 22.8 Å². The summed E-state index contributed by atoms with van der Waals surface area (Å²) in [6.45, 7) is 6.86. The molecule has 2 heterocycles. The molecule has 0 saturated carbocycles. The number of benzene rings is 2. The highest BCUT2D eigenvalue weighted by Gasteiger charge is 2.31. The second-order valence-electron chi connectivity index (χ2n) is 8.00. The predicted octanol–water partition coefficient (Wildman–Crippen LogP) is 3.07. The lowest BCUT2D eigenvalue weighted by atomic mass is 10.0. The van der Waals surface area contributed by atoms with E-state index in [0.717, 1.165) is 42.4 Å². The molecular formula is C25H28N2O3. The van der Waals surface area contributed by atoms with Gasteiger partial charge >= 0.3 is 0 Å². The Labute approximate surface area is 177 Å². The average molecular weight is 405 g/mol. The summed E-state index contributed by atoms with van der Waals surface area (Å²) in [6.07, 6.45) is 5.88. The van der Waals surface area contributed by atoms with E-state index in [1.807, 2.05) is 42.1 Å². The van der Waals surface area contributed by atoms with Crippen LogP contribution in [0.25, 0.3) is 17.0 Å². The fourth-order valence-electron chi connectivity index (χ4n) is 4.34. The zero-order chi connectivity index (χ0) is 21.3. The van der Waals surface area contributed by atoms with Crippen LogP contribution in [0.1, 0.15) is 48.2 Å². The first kappa shape index (κ1) is 20.2. The molecule has 1 N–H and O–H groups in total. The fraction of sp³-hybridized carbons (Fsp3) is 0.320. The van der Waals surface area contributed by atoms with Crippen molar-refractivity contribution in [3.63, 3.8) is 0 Å². The second kappa shape index (κ2) is 8.36. The predicted molar refractivity (Wildman–Crippen MR) is 117 cm³/mol. The molecule has 0 radical (unpaired) electrons. The Kier molecular flexibility index (Phi) is 5.64. The summed E-state index contributed by atoms with van der Waals surface area (Å²) in [5.41, 5.74) is 3.12. The molecular weight excluding hydrogens is 376 g/mol. The molecule has 0 fully saturated rings. The minimum Gasteiger partial charge on any atom is -0.872 e. The highest BCUT2D eigenvalue weighted by Crippen LogP contribution is 2.38. The molecule has 1 aromatic heterocycles. The number of ketones is 1. The number of para-hydroxylation sites is 1. The lowest BCUT2D eigenvalue weighted by Crippen LogP contribution is -3.10. The molecule has 2 aromatic carbocycles. The van der Waals surface area contributed by atoms with Crippen LogP contribution in [-0.2, 0) is 13.6 Å². The van der Waals surface area contributed by atoms with Gasteiger partial charge in [0.1, 0.15) is 12.3 Å². The number of allylic oxidation sites excluding steroid dienone is 1. The smallest absolute Gasteiger partial charge is 0.231 e. The summed E-state index contributed by atoms with van der Waals surface area (Å²) in [5, 5.41) is 13.7. The molecule has 1 aliphatic heterocycles. The number of aromatic nitrogens is 1. The van der Waals surface area contributed by atoms with Crippen LogP contribution in [0.4, 0.5) is 0 Å². The number of quaternary nitrogens is 1. The van der Waals surface area contributed by atoms with Gasteiger partial charge in [-0.1, -0.05) is 43.9 Å². The van der Waals surface area contributed by atoms with Gasteiger partial charge in [0, 0.05) is 35.3 Å². The maximum atomic E-state index is 13.0. The maximum absolute atomic E-state index is 13.0. The van der Waals surface area contributed by atoms with Crippen molar-refractivity contribution in [2.75, 3.05) is 13.1 Å². The third kappa shape index (κ3) is 3.61. The largest absolute Gasteiger partial charge is 0.872 e. The van der Waals surface area contributed by atoms with Gasteiger partial charge in [0.2, 0.25) is 5.78 Å². The molecule has 0 amide bonds. The monoisotopic (exact) mass is 404 g/mol. The van der Waals surface area contributed by atoms with E-state index >= 15 is 0 Å². The van der Waals surface area contributed by atoms with Crippen LogP contribution >= 0.6 is 0 Å². The van der Waals surface area contributed by atoms with Crippen molar-refractivity contribution in [2.45, 2.75) is 33.2 Å². The van der Waals surface area contributed by atoms with E-state index in [9.17, 15) is 9.90 Å². The van der Waals surface area contributed by atoms with E-state index in [1.165, 1.54) is 11.0 Å². The van der Waals surface area contributed by atoms with E-state index in [0.29, 0.717) is 23.4 Å². The normalized spacial score (nSPS) is 14.7. The topological polar surface area (TPSA) is 58.7 Å². The summed E-state index contributed by atoms with van der Waals surface area (Å²) >= 11 is 0. The molecule has 5 heteroatoms. The maximum Gasteiger partial charge on any atom is 0.231 e. The summed E-state index contributed by atoms with van der Waals surface area (Å²) in [4.78, 5) is 14.4. The van der Waals surface area contributed by atoms with Crippen molar-refractivity contribution < 1.29 is 19.5 Å². The number of nitrogens with one attached hydrogen (secondary N) is 1. The van der Waals surface area contributed by atoms with Gasteiger partial charge < -0.3 is 19.3 Å². The van der Waals surface area contributed by atoms with Crippen LogP contribution in [0.15, 0.2) is 48.4 Å². The molecule has 1 aliphatic rings. The minimum atomic E-state index is -0.160. The second-order valence-corrected chi connectivity index (χ2v) is 8.00. The van der Waals surface area contributed by atoms with Gasteiger partial charge in [-0.15, -0.1) is 0 Å². The molecule has 156 valence electrons. The number of fused-ring (bicyclic) bond motifs is 2. The summed E-state index contributed by atoms with van der Waals surface area (Å²) in [7, 11) is 1.98. The number of aryl methyl sites for hydroxylation is 1. The summed E-state index contributed by atoms with van der Waals surface area (Å²) in [5.74, 6) is 0.508. The highest BCUT2D eigenvalue weighted by molar-refractivity contribution is 6.15. The van der Waals surface area contributed by atoms with Crippen LogP contribution in [-0.4, -0.2) is 23.4 Å². The number of hydrogen-bond donors (Lipinski definition) is 1. The van der Waals surface area contributed by atoms with Crippen LogP contribution in [0.5, 0.6) is 11.5 Å². The molecule has 0 atom stereocenters. The third-order valence-corrected chi connectivity index (χ3v) is 5.75. The molecule has 3 aromatic rings. The number of Topliss-reactive ketones (excluding diaryl/α,β-unsaturated/α-hetero) is 1. The van der Waals surface area contributed by atoms with Crippen LogP contribution in [0.2, 0.25) is 0 Å². The molecule has 0 unspecified atom stereocenters. The first-order valence-corrected chi connectivity index (χ1v) is 10.7. The number of carbonyl (C=O) groups is 1. The lowest BCUT2D eigenvalue weighted by Gasteiger charge is -2.23. The van der Waals surface area contributed by atoms with Gasteiger partial charge in [0.25, 0.3) is 0 Å². The SMILES string of the molecule is CCC[NH+](CCC)Cc1c([O-])ccc2c1O/C(=C\c1cn(C)c3ccccc13)C2=O. The molecule has 4 rings (SSSR count). The Morgan fingerprint density at radius 3 is 2.57 bits per heavy atom. The Morgan fingerprint density at radius 1 is 1.10 bits per heavy atom. The van der Waals surface area contributed by atoms with Gasteiger partial charge in [0.15, 0.2) is 5.76 Å². The van der Waals surface area contributed by atoms with Crippen LogP contribution < -0.4 is 14.7 Å². The van der Waals surface area contributed by atoms with E-state index < -0.39 is 0 Å². The van der Waals surface area contributed by atoms with Crippen molar-refractivity contribution in [2.24, 2.45) is 7.05 Å². The molecule has 0 saturated heterocycles. The first-order chi connectivity index (χ1) is 14.5. The van der Waals surface area contributed by atoms with Crippen molar-refractivity contribution in [1.82, 2.24) is 4.57 Å². The van der Waals surface area contributed by atoms with Crippen LogP contribution in [0.3, 0.4) is 0 Å². The van der Waals surface area contributed by atoms with Gasteiger partial charge in [-0.2, -0.15) is 0 Å². The van der Waals surface area contributed by atoms with Gasteiger partial charge in [0.05, 0.1) is 18.7 Å². The molecule has 5 nitrogen and oxygen atoms in total. The van der Waals surface area contributed by atoms with Gasteiger partial charge in [-0.05, 0) is 31.1 Å². The molecule has 0 bridgehead atoms. The Morgan fingerprint density at radius 2 is 1.83 bits per heavy atom. The number of carbonyl (C=O) groups excluding carboxylic acids is 1. The molecule has 0 spiro atoms. The molecule has 30 heavy (non-hydrogen) atoms. The number of rotatable bonds is 7. The van der Waals surface area contributed by atoms with Crippen molar-refractivity contribution in [3.8, 4) is 11.5 Å². The zero-order valence-electron chi connectivity index (χ0n) is 17.8. The standard InChI is InChI=1S/C25H28N2O3/c1-4-12-27(13-5-2)16-20-22(28)11-10-19-24(29)23(30-25(19)20)14-17-15-26(3)21-9-7-6-8-18(17)21/h6-11,14-15,28H,4-5,12-13,16H2,1-3H3/b23-14-. The number of nitrogens with zero attached hydrogens (tertiary/aromatic N) is 1. The minimum absolute atomic E-state index is 0.0577. The Balaban J connectivity index is 1.71. The van der Waals surface area contributed by atoms with Crippen molar-refractivity contribution in [3.05, 3.63) is 65.0 Å². The molecule has 0 aliphatic carbocycles. The highest BCUT2D eigenvalue weighted by atomic mass is 16.5.